The summed E-state index contributed by atoms with van der Waals surface area (Å²) in [6, 6.07) is 8.95. The molecule has 0 atom stereocenters. The van der Waals surface area contributed by atoms with Gasteiger partial charge in [0.2, 0.25) is 0 Å². The van der Waals surface area contributed by atoms with Gasteiger partial charge in [0.05, 0.1) is 5.54 Å². The molecule has 20 heavy (non-hydrogen) atoms. The highest BCUT2D eigenvalue weighted by atomic mass is 14.9. The van der Waals surface area contributed by atoms with E-state index >= 15 is 0 Å². The molecule has 0 unspecified atom stereocenters. The lowest BCUT2D eigenvalue weighted by molar-refractivity contribution is 0.581. The van der Waals surface area contributed by atoms with Gasteiger partial charge in [0.15, 0.2) is 0 Å². The zero-order chi connectivity index (χ0) is 14.9. The molecule has 2 rings (SSSR count). The van der Waals surface area contributed by atoms with Crippen molar-refractivity contribution in [3.8, 4) is 0 Å². The van der Waals surface area contributed by atoms with Crippen LogP contribution in [0.2, 0.25) is 0 Å². The summed E-state index contributed by atoms with van der Waals surface area (Å²) in [6.07, 6.45) is 2.16. The van der Waals surface area contributed by atoms with Gasteiger partial charge in [-0.1, -0.05) is 19.4 Å². The van der Waals surface area contributed by atoms with Crippen molar-refractivity contribution in [3.63, 3.8) is 0 Å². The van der Waals surface area contributed by atoms with Crippen molar-refractivity contribution >= 4 is 16.6 Å². The number of hydrogen-bond donors (Lipinski definition) is 0. The first kappa shape index (κ1) is 14.8. The summed E-state index contributed by atoms with van der Waals surface area (Å²) in [4.78, 5) is 4.91. The molecule has 0 fully saturated rings. The Balaban J connectivity index is 2.52. The van der Waals surface area contributed by atoms with Crippen molar-refractivity contribution in [1.29, 1.82) is 0 Å². The molecule has 2 nitrogen and oxygen atoms in total. The largest absolute Gasteiger partial charge is 0.348 e. The van der Waals surface area contributed by atoms with Crippen LogP contribution in [0.5, 0.6) is 0 Å². The first-order valence-electron chi connectivity index (χ1n) is 7.47. The second kappa shape index (κ2) is 5.43. The van der Waals surface area contributed by atoms with Gasteiger partial charge in [-0.3, -0.25) is 4.99 Å². The van der Waals surface area contributed by atoms with E-state index < -0.39 is 0 Å². The number of nitrogens with zero attached hydrogens (tertiary/aromatic N) is 2. The van der Waals surface area contributed by atoms with Crippen LogP contribution in [0.3, 0.4) is 0 Å². The van der Waals surface area contributed by atoms with Crippen LogP contribution in [0.25, 0.3) is 10.9 Å². The average Bonchev–Trinajstić information content (AvgIpc) is 2.62. The molecular weight excluding hydrogens is 244 g/mol. The summed E-state index contributed by atoms with van der Waals surface area (Å²) in [5.41, 5.74) is 5.05. The molecule has 0 bridgehead atoms. The molecule has 1 aromatic carbocycles. The highest BCUT2D eigenvalue weighted by Crippen LogP contribution is 2.22. The quantitative estimate of drug-likeness (QED) is 0.708. The Morgan fingerprint density at radius 1 is 1.20 bits per heavy atom. The van der Waals surface area contributed by atoms with E-state index in [0.29, 0.717) is 0 Å². The fraction of sp³-hybridized carbons (Fsp3) is 0.500. The van der Waals surface area contributed by atoms with Gasteiger partial charge in [-0.2, -0.15) is 0 Å². The molecule has 0 aliphatic heterocycles. The molecule has 108 valence electrons. The van der Waals surface area contributed by atoms with Gasteiger partial charge in [0.1, 0.15) is 0 Å². The normalized spacial score (nSPS) is 13.2. The van der Waals surface area contributed by atoms with Crippen LogP contribution >= 0.6 is 0 Å². The van der Waals surface area contributed by atoms with Crippen molar-refractivity contribution in [3.05, 3.63) is 35.5 Å². The molecule has 0 N–H and O–H groups in total. The van der Waals surface area contributed by atoms with Gasteiger partial charge in [-0.25, -0.2) is 0 Å². The minimum absolute atomic E-state index is 0.0218. The average molecular weight is 270 g/mol. The SMILES string of the molecule is CCCC(=NC(C)(C)C)c1ccc2c(c1)cc(C)n2C. The Kier molecular flexibility index (Phi) is 4.03. The molecule has 0 saturated carbocycles. The Morgan fingerprint density at radius 3 is 2.50 bits per heavy atom. The van der Waals surface area contributed by atoms with Gasteiger partial charge in [0.25, 0.3) is 0 Å². The summed E-state index contributed by atoms with van der Waals surface area (Å²) < 4.78 is 2.24. The zero-order valence-corrected chi connectivity index (χ0v) is 13.6. The third-order valence-electron chi connectivity index (χ3n) is 3.57. The molecule has 0 spiro atoms. The molecule has 1 heterocycles. The van der Waals surface area contributed by atoms with E-state index in [-0.39, 0.29) is 5.54 Å². The standard InChI is InChI=1S/C18H26N2/c1-7-8-16(19-18(3,4)5)14-9-10-17-15(12-14)11-13(2)20(17)6/h9-12H,7-8H2,1-6H3. The molecule has 0 saturated heterocycles. The maximum Gasteiger partial charge on any atom is 0.0527 e. The Morgan fingerprint density at radius 2 is 1.90 bits per heavy atom. The van der Waals surface area contributed by atoms with E-state index in [9.17, 15) is 0 Å². The summed E-state index contributed by atoms with van der Waals surface area (Å²) >= 11 is 0. The van der Waals surface area contributed by atoms with E-state index in [1.54, 1.807) is 0 Å². The lowest BCUT2D eigenvalue weighted by Gasteiger charge is -2.16. The molecular formula is C18H26N2. The van der Waals surface area contributed by atoms with Crippen LogP contribution in [0, 0.1) is 6.92 Å². The maximum absolute atomic E-state index is 4.91. The van der Waals surface area contributed by atoms with Crippen molar-refractivity contribution < 1.29 is 0 Å². The van der Waals surface area contributed by atoms with Gasteiger partial charge >= 0.3 is 0 Å². The minimum atomic E-state index is -0.0218. The monoisotopic (exact) mass is 270 g/mol. The molecule has 0 radical (unpaired) electrons. The van der Waals surface area contributed by atoms with Gasteiger partial charge in [-0.05, 0) is 57.9 Å². The lowest BCUT2D eigenvalue weighted by atomic mass is 10.0. The van der Waals surface area contributed by atoms with Crippen LogP contribution in [0.4, 0.5) is 0 Å². The maximum atomic E-state index is 4.91. The fourth-order valence-corrected chi connectivity index (χ4v) is 2.57. The Bertz CT molecular complexity index is 639. The summed E-state index contributed by atoms with van der Waals surface area (Å²) in [6.45, 7) is 10.8. The highest BCUT2D eigenvalue weighted by Gasteiger charge is 2.12. The highest BCUT2D eigenvalue weighted by molar-refractivity contribution is 6.03. The minimum Gasteiger partial charge on any atom is -0.348 e. The molecule has 0 amide bonds. The molecule has 1 aromatic heterocycles. The predicted molar refractivity (Wildman–Crippen MR) is 88.9 cm³/mol. The van der Waals surface area contributed by atoms with Gasteiger partial charge in [-0.15, -0.1) is 0 Å². The van der Waals surface area contributed by atoms with Crippen LogP contribution in [-0.4, -0.2) is 15.8 Å². The van der Waals surface area contributed by atoms with E-state index in [1.807, 2.05) is 0 Å². The Labute approximate surface area is 122 Å². The lowest BCUT2D eigenvalue weighted by Crippen LogP contribution is -2.15. The summed E-state index contributed by atoms with van der Waals surface area (Å²) in [5.74, 6) is 0. The number of rotatable bonds is 3. The fourth-order valence-electron chi connectivity index (χ4n) is 2.57. The van der Waals surface area contributed by atoms with Crippen molar-refractivity contribution in [2.24, 2.45) is 12.0 Å². The first-order valence-corrected chi connectivity index (χ1v) is 7.47. The number of hydrogen-bond acceptors (Lipinski definition) is 1. The number of fused-ring (bicyclic) bond motifs is 1. The van der Waals surface area contributed by atoms with Crippen LogP contribution in [-0.2, 0) is 7.05 Å². The second-order valence-electron chi connectivity index (χ2n) is 6.60. The number of aliphatic imine (C=N–C) groups is 1. The van der Waals surface area contributed by atoms with Crippen molar-refractivity contribution in [2.75, 3.05) is 0 Å². The summed E-state index contributed by atoms with van der Waals surface area (Å²) in [5, 5.41) is 1.31. The second-order valence-corrected chi connectivity index (χ2v) is 6.60. The van der Waals surface area contributed by atoms with E-state index in [1.165, 1.54) is 27.9 Å². The van der Waals surface area contributed by atoms with Gasteiger partial charge < -0.3 is 4.57 Å². The van der Waals surface area contributed by atoms with E-state index in [0.717, 1.165) is 12.8 Å². The van der Waals surface area contributed by atoms with Crippen LogP contribution in [0.15, 0.2) is 29.3 Å². The zero-order valence-electron chi connectivity index (χ0n) is 13.6. The summed E-state index contributed by atoms with van der Waals surface area (Å²) in [7, 11) is 2.12. The van der Waals surface area contributed by atoms with Crippen LogP contribution in [0.1, 0.15) is 51.8 Å². The molecule has 0 aliphatic rings. The van der Waals surface area contributed by atoms with Crippen LogP contribution < -0.4 is 0 Å². The first-order chi connectivity index (χ1) is 9.31. The van der Waals surface area contributed by atoms with Gasteiger partial charge in [0, 0.05) is 29.4 Å². The smallest absolute Gasteiger partial charge is 0.0527 e. The molecule has 2 heteroatoms. The number of aryl methyl sites for hydroxylation is 2. The topological polar surface area (TPSA) is 17.3 Å². The molecule has 2 aromatic rings. The number of aromatic nitrogens is 1. The predicted octanol–water partition coefficient (Wildman–Crippen LogP) is 4.87. The van der Waals surface area contributed by atoms with E-state index in [2.05, 4.69) is 70.5 Å². The number of benzene rings is 1. The molecule has 0 aliphatic carbocycles. The third kappa shape index (κ3) is 3.12. The van der Waals surface area contributed by atoms with E-state index in [4.69, 9.17) is 4.99 Å². The third-order valence-corrected chi connectivity index (χ3v) is 3.57. The Hall–Kier alpha value is -1.57. The van der Waals surface area contributed by atoms with Crippen molar-refractivity contribution in [1.82, 2.24) is 4.57 Å². The van der Waals surface area contributed by atoms with Crippen molar-refractivity contribution in [2.45, 2.75) is 53.0 Å².